The van der Waals surface area contributed by atoms with Crippen LogP contribution in [0.3, 0.4) is 0 Å². The molecule has 1 aromatic carbocycles. The van der Waals surface area contributed by atoms with Gasteiger partial charge in [-0.05, 0) is 42.3 Å². The largest absolute Gasteiger partial charge is 0.497 e. The summed E-state index contributed by atoms with van der Waals surface area (Å²) in [6.45, 7) is 2.13. The highest BCUT2D eigenvalue weighted by molar-refractivity contribution is 9.10. The van der Waals surface area contributed by atoms with Gasteiger partial charge in [0.1, 0.15) is 5.75 Å². The highest BCUT2D eigenvalue weighted by atomic mass is 79.9. The number of aryl methyl sites for hydroxylation is 1. The van der Waals surface area contributed by atoms with Gasteiger partial charge in [0.05, 0.1) is 13.2 Å². The van der Waals surface area contributed by atoms with Crippen LogP contribution in [-0.2, 0) is 12.8 Å². The molecular formula is C15H17BrO2S. The lowest BCUT2D eigenvalue weighted by Gasteiger charge is -2.11. The molecule has 0 aliphatic carbocycles. The van der Waals surface area contributed by atoms with Gasteiger partial charge in [0.15, 0.2) is 0 Å². The summed E-state index contributed by atoms with van der Waals surface area (Å²) in [5.74, 6) is 0.811. The zero-order valence-electron chi connectivity index (χ0n) is 11.0. The predicted molar refractivity (Wildman–Crippen MR) is 83.1 cm³/mol. The van der Waals surface area contributed by atoms with E-state index in [9.17, 15) is 5.11 Å². The van der Waals surface area contributed by atoms with Crippen molar-refractivity contribution in [2.24, 2.45) is 0 Å². The van der Waals surface area contributed by atoms with Crippen LogP contribution in [0.1, 0.15) is 28.3 Å². The summed E-state index contributed by atoms with van der Waals surface area (Å²) in [6, 6.07) is 9.92. The number of benzene rings is 1. The van der Waals surface area contributed by atoms with Gasteiger partial charge in [0.2, 0.25) is 0 Å². The normalized spacial score (nSPS) is 12.4. The third kappa shape index (κ3) is 3.59. The molecule has 102 valence electrons. The molecule has 0 saturated heterocycles. The monoisotopic (exact) mass is 340 g/mol. The summed E-state index contributed by atoms with van der Waals surface area (Å²) in [5.41, 5.74) is 1.05. The summed E-state index contributed by atoms with van der Waals surface area (Å²) < 4.78 is 6.22. The van der Waals surface area contributed by atoms with Gasteiger partial charge in [0, 0.05) is 20.6 Å². The zero-order valence-corrected chi connectivity index (χ0v) is 13.4. The number of halogens is 1. The van der Waals surface area contributed by atoms with Crippen LogP contribution in [0.25, 0.3) is 0 Å². The smallest absolute Gasteiger partial charge is 0.119 e. The Bertz CT molecular complexity index is 551. The second-order valence-electron chi connectivity index (χ2n) is 4.33. The summed E-state index contributed by atoms with van der Waals surface area (Å²) in [6.07, 6.45) is 1.13. The van der Waals surface area contributed by atoms with Gasteiger partial charge in [-0.2, -0.15) is 0 Å². The van der Waals surface area contributed by atoms with Crippen molar-refractivity contribution in [2.45, 2.75) is 25.9 Å². The lowest BCUT2D eigenvalue weighted by molar-refractivity contribution is 0.182. The minimum absolute atomic E-state index is 0.464. The molecule has 2 nitrogen and oxygen atoms in total. The van der Waals surface area contributed by atoms with Crippen LogP contribution >= 0.6 is 27.3 Å². The van der Waals surface area contributed by atoms with Crippen LogP contribution in [0.15, 0.2) is 34.8 Å². The Hall–Kier alpha value is -0.840. The molecule has 1 N–H and O–H groups in total. The van der Waals surface area contributed by atoms with Gasteiger partial charge >= 0.3 is 0 Å². The number of hydrogen-bond acceptors (Lipinski definition) is 3. The maximum Gasteiger partial charge on any atom is 0.119 e. The Labute approximate surface area is 126 Å². The highest BCUT2D eigenvalue weighted by Crippen LogP contribution is 2.30. The number of aliphatic hydroxyl groups is 1. The zero-order chi connectivity index (χ0) is 13.8. The Kier molecular flexibility index (Phi) is 5.02. The third-order valence-electron chi connectivity index (χ3n) is 3.03. The van der Waals surface area contributed by atoms with E-state index in [1.54, 1.807) is 18.4 Å². The Balaban J connectivity index is 2.15. The molecule has 0 radical (unpaired) electrons. The third-order valence-corrected chi connectivity index (χ3v) is 5.13. The summed E-state index contributed by atoms with van der Waals surface area (Å²) >= 11 is 5.20. The first-order valence-electron chi connectivity index (χ1n) is 6.23. The minimum atomic E-state index is -0.464. The van der Waals surface area contributed by atoms with Gasteiger partial charge in [-0.15, -0.1) is 11.3 Å². The first kappa shape index (κ1) is 14.6. The van der Waals surface area contributed by atoms with Crippen molar-refractivity contribution in [3.05, 3.63) is 50.1 Å². The maximum atomic E-state index is 10.3. The molecule has 0 spiro atoms. The van der Waals surface area contributed by atoms with Crippen LogP contribution in [0, 0.1) is 0 Å². The van der Waals surface area contributed by atoms with E-state index in [-0.39, 0.29) is 0 Å². The van der Waals surface area contributed by atoms with Crippen molar-refractivity contribution in [1.29, 1.82) is 0 Å². The molecule has 0 amide bonds. The van der Waals surface area contributed by atoms with Gasteiger partial charge in [-0.3, -0.25) is 0 Å². The van der Waals surface area contributed by atoms with Crippen LogP contribution in [0.4, 0.5) is 0 Å². The summed E-state index contributed by atoms with van der Waals surface area (Å²) in [4.78, 5) is 2.32. The number of rotatable bonds is 5. The van der Waals surface area contributed by atoms with E-state index in [1.807, 2.05) is 24.3 Å². The molecular weight excluding hydrogens is 324 g/mol. The summed E-state index contributed by atoms with van der Waals surface area (Å²) in [7, 11) is 1.65. The second kappa shape index (κ2) is 6.55. The molecule has 0 aliphatic heterocycles. The average molecular weight is 341 g/mol. The Morgan fingerprint density at radius 2 is 2.11 bits per heavy atom. The van der Waals surface area contributed by atoms with Crippen molar-refractivity contribution in [3.8, 4) is 5.75 Å². The fourth-order valence-electron chi connectivity index (χ4n) is 1.91. The molecule has 0 saturated carbocycles. The van der Waals surface area contributed by atoms with Crippen LogP contribution < -0.4 is 4.74 Å². The molecule has 1 aromatic heterocycles. The second-order valence-corrected chi connectivity index (χ2v) is 6.39. The fraction of sp³-hybridized carbons (Fsp3) is 0.333. The van der Waals surface area contributed by atoms with Crippen molar-refractivity contribution in [1.82, 2.24) is 0 Å². The van der Waals surface area contributed by atoms with Gasteiger partial charge in [0.25, 0.3) is 0 Å². The van der Waals surface area contributed by atoms with E-state index in [0.717, 1.165) is 27.1 Å². The van der Waals surface area contributed by atoms with E-state index in [2.05, 4.69) is 28.9 Å². The van der Waals surface area contributed by atoms with Crippen LogP contribution in [0.5, 0.6) is 5.75 Å². The minimum Gasteiger partial charge on any atom is -0.497 e. The van der Waals surface area contributed by atoms with E-state index in [0.29, 0.717) is 6.42 Å². The lowest BCUT2D eigenvalue weighted by atomic mass is 10.1. The highest BCUT2D eigenvalue weighted by Gasteiger charge is 2.13. The molecule has 4 heteroatoms. The van der Waals surface area contributed by atoms with E-state index < -0.39 is 6.10 Å². The Morgan fingerprint density at radius 1 is 1.32 bits per heavy atom. The SMILES string of the molecule is CCc1ccc(C(O)Cc2cc(OC)ccc2Br)s1. The fourth-order valence-corrected chi connectivity index (χ4v) is 3.25. The maximum absolute atomic E-state index is 10.3. The molecule has 2 aromatic rings. The van der Waals surface area contributed by atoms with Gasteiger partial charge in [-0.1, -0.05) is 22.9 Å². The number of hydrogen-bond donors (Lipinski definition) is 1. The molecule has 0 aliphatic rings. The first-order valence-corrected chi connectivity index (χ1v) is 7.84. The van der Waals surface area contributed by atoms with E-state index in [1.165, 1.54) is 4.88 Å². The molecule has 19 heavy (non-hydrogen) atoms. The van der Waals surface area contributed by atoms with Crippen molar-refractivity contribution in [2.75, 3.05) is 7.11 Å². The Morgan fingerprint density at radius 3 is 2.74 bits per heavy atom. The topological polar surface area (TPSA) is 29.5 Å². The van der Waals surface area contributed by atoms with Crippen molar-refractivity contribution >= 4 is 27.3 Å². The number of thiophene rings is 1. The summed E-state index contributed by atoms with van der Waals surface area (Å²) in [5, 5.41) is 10.3. The van der Waals surface area contributed by atoms with Crippen molar-refractivity contribution < 1.29 is 9.84 Å². The molecule has 1 atom stereocenters. The predicted octanol–water partition coefficient (Wildman–Crippen LogP) is 4.36. The lowest BCUT2D eigenvalue weighted by Crippen LogP contribution is -2.00. The van der Waals surface area contributed by atoms with E-state index >= 15 is 0 Å². The average Bonchev–Trinajstić information content (AvgIpc) is 2.90. The quantitative estimate of drug-likeness (QED) is 0.876. The molecule has 0 bridgehead atoms. The van der Waals surface area contributed by atoms with Crippen molar-refractivity contribution in [3.63, 3.8) is 0 Å². The molecule has 1 unspecified atom stereocenters. The van der Waals surface area contributed by atoms with E-state index in [4.69, 9.17) is 4.74 Å². The number of aliphatic hydroxyl groups excluding tert-OH is 1. The first-order chi connectivity index (χ1) is 9.13. The molecule has 0 fully saturated rings. The molecule has 1 heterocycles. The molecule has 2 rings (SSSR count). The standard InChI is InChI=1S/C15H17BrO2S/c1-3-12-5-7-15(19-12)14(17)9-10-8-11(18-2)4-6-13(10)16/h4-8,14,17H,3,9H2,1-2H3. The van der Waals surface area contributed by atoms with Gasteiger partial charge in [-0.25, -0.2) is 0 Å². The van der Waals surface area contributed by atoms with Crippen LogP contribution in [0.2, 0.25) is 0 Å². The number of methoxy groups -OCH3 is 1. The van der Waals surface area contributed by atoms with Gasteiger partial charge < -0.3 is 9.84 Å². The van der Waals surface area contributed by atoms with Crippen LogP contribution in [-0.4, -0.2) is 12.2 Å². The number of ether oxygens (including phenoxy) is 1.